The zero-order valence-corrected chi connectivity index (χ0v) is 23.0. The zero-order valence-electron chi connectivity index (χ0n) is 20.6. The van der Waals surface area contributed by atoms with E-state index in [1.165, 1.54) is 6.08 Å². The number of aryl methyl sites for hydroxylation is 1. The summed E-state index contributed by atoms with van der Waals surface area (Å²) >= 11 is 17.4. The number of fused-ring (bicyclic) bond motifs is 1. The summed E-state index contributed by atoms with van der Waals surface area (Å²) in [5.74, 6) is -0.388. The quantitative estimate of drug-likeness (QED) is 0.204. The number of carbonyl (C=O) groups excluding carboxylic acids is 1. The Labute approximate surface area is 231 Å². The second-order valence-electron chi connectivity index (χ2n) is 8.28. The standard InChI is InChI=1S/C27H26Cl2N6OS/c1-4-34(5-2)20-9-11-21(12-10-20)35-32-24-14-17(3)23(16-25(24)33-35)30-27(37)31-26(36)13-7-18-6-8-19(28)15-22(18)29/h6-16H,4-5H2,1-3H3,(H2,30,31,36,37)/b13-7+. The Bertz CT molecular complexity index is 1480. The molecule has 190 valence electrons. The van der Waals surface area contributed by atoms with E-state index in [0.29, 0.717) is 21.1 Å². The number of benzene rings is 3. The number of hydrogen-bond acceptors (Lipinski definition) is 5. The summed E-state index contributed by atoms with van der Waals surface area (Å²) in [6, 6.07) is 17.0. The molecular formula is C27H26Cl2N6OS. The zero-order chi connectivity index (χ0) is 26.5. The average molecular weight is 554 g/mol. The van der Waals surface area contributed by atoms with Crippen molar-refractivity contribution in [2.24, 2.45) is 0 Å². The highest BCUT2D eigenvalue weighted by molar-refractivity contribution is 7.80. The molecule has 2 N–H and O–H groups in total. The first-order valence-corrected chi connectivity index (χ1v) is 12.9. The lowest BCUT2D eigenvalue weighted by atomic mass is 10.2. The maximum absolute atomic E-state index is 12.3. The number of hydrogen-bond donors (Lipinski definition) is 2. The van der Waals surface area contributed by atoms with Gasteiger partial charge in [0, 0.05) is 40.6 Å². The van der Waals surface area contributed by atoms with Crippen molar-refractivity contribution in [2.45, 2.75) is 20.8 Å². The molecule has 4 rings (SSSR count). The molecule has 10 heteroatoms. The number of carbonyl (C=O) groups is 1. The van der Waals surface area contributed by atoms with E-state index < -0.39 is 0 Å². The maximum Gasteiger partial charge on any atom is 0.250 e. The van der Waals surface area contributed by atoms with Crippen LogP contribution in [0.2, 0.25) is 10.0 Å². The minimum absolute atomic E-state index is 0.165. The third kappa shape index (κ3) is 6.46. The molecule has 0 radical (unpaired) electrons. The lowest BCUT2D eigenvalue weighted by molar-refractivity contribution is -0.115. The summed E-state index contributed by atoms with van der Waals surface area (Å²) in [4.78, 5) is 16.2. The van der Waals surface area contributed by atoms with E-state index in [0.717, 1.165) is 41.2 Å². The van der Waals surface area contributed by atoms with Crippen molar-refractivity contribution in [1.29, 1.82) is 0 Å². The van der Waals surface area contributed by atoms with Crippen molar-refractivity contribution in [2.75, 3.05) is 23.3 Å². The monoisotopic (exact) mass is 552 g/mol. The third-order valence-corrected chi connectivity index (χ3v) is 6.56. The molecule has 0 aliphatic carbocycles. The smallest absolute Gasteiger partial charge is 0.250 e. The predicted octanol–water partition coefficient (Wildman–Crippen LogP) is 6.41. The summed E-state index contributed by atoms with van der Waals surface area (Å²) in [7, 11) is 0. The molecule has 1 aromatic heterocycles. The van der Waals surface area contributed by atoms with Gasteiger partial charge in [0.15, 0.2) is 5.11 Å². The van der Waals surface area contributed by atoms with Crippen LogP contribution in [0.1, 0.15) is 25.0 Å². The van der Waals surface area contributed by atoms with E-state index in [-0.39, 0.29) is 11.0 Å². The minimum Gasteiger partial charge on any atom is -0.372 e. The van der Waals surface area contributed by atoms with Gasteiger partial charge in [-0.3, -0.25) is 10.1 Å². The fraction of sp³-hybridized carbons (Fsp3) is 0.185. The van der Waals surface area contributed by atoms with Crippen molar-refractivity contribution in [3.8, 4) is 5.69 Å². The average Bonchev–Trinajstić information content (AvgIpc) is 3.27. The number of amides is 1. The first-order chi connectivity index (χ1) is 17.8. The number of halogens is 2. The van der Waals surface area contributed by atoms with Gasteiger partial charge in [-0.2, -0.15) is 4.80 Å². The van der Waals surface area contributed by atoms with E-state index in [2.05, 4.69) is 51.7 Å². The first-order valence-electron chi connectivity index (χ1n) is 11.8. The van der Waals surface area contributed by atoms with E-state index in [9.17, 15) is 4.79 Å². The Morgan fingerprint density at radius 3 is 2.35 bits per heavy atom. The molecule has 0 aliphatic rings. The van der Waals surface area contributed by atoms with Gasteiger partial charge in [0.25, 0.3) is 0 Å². The van der Waals surface area contributed by atoms with Gasteiger partial charge in [-0.1, -0.05) is 29.3 Å². The summed E-state index contributed by atoms with van der Waals surface area (Å²) in [5.41, 5.74) is 5.81. The topological polar surface area (TPSA) is 75.1 Å². The molecular weight excluding hydrogens is 527 g/mol. The Kier molecular flexibility index (Phi) is 8.43. The fourth-order valence-corrected chi connectivity index (χ4v) is 4.49. The number of aromatic nitrogens is 3. The largest absolute Gasteiger partial charge is 0.372 e. The van der Waals surface area contributed by atoms with Gasteiger partial charge in [-0.25, -0.2) is 0 Å². The highest BCUT2D eigenvalue weighted by Crippen LogP contribution is 2.24. The lowest BCUT2D eigenvalue weighted by Gasteiger charge is -2.20. The first kappa shape index (κ1) is 26.6. The van der Waals surface area contributed by atoms with Crippen LogP contribution in [0.4, 0.5) is 11.4 Å². The highest BCUT2D eigenvalue weighted by atomic mass is 35.5. The normalized spacial score (nSPS) is 11.2. The van der Waals surface area contributed by atoms with E-state index >= 15 is 0 Å². The van der Waals surface area contributed by atoms with Gasteiger partial charge in [0.1, 0.15) is 11.0 Å². The van der Waals surface area contributed by atoms with Crippen LogP contribution in [0.3, 0.4) is 0 Å². The van der Waals surface area contributed by atoms with Crippen LogP contribution in [-0.4, -0.2) is 39.1 Å². The molecule has 0 unspecified atom stereocenters. The second kappa shape index (κ2) is 11.7. The van der Waals surface area contributed by atoms with Crippen LogP contribution < -0.4 is 15.5 Å². The van der Waals surface area contributed by atoms with Crippen LogP contribution in [-0.2, 0) is 4.79 Å². The summed E-state index contributed by atoms with van der Waals surface area (Å²) in [5, 5.41) is 16.1. The minimum atomic E-state index is -0.388. The molecule has 0 bridgehead atoms. The molecule has 0 spiro atoms. The van der Waals surface area contributed by atoms with Crippen LogP contribution >= 0.6 is 35.4 Å². The molecule has 0 atom stereocenters. The van der Waals surface area contributed by atoms with Crippen molar-refractivity contribution < 1.29 is 4.79 Å². The number of nitrogens with one attached hydrogen (secondary N) is 2. The molecule has 7 nitrogen and oxygen atoms in total. The maximum atomic E-state index is 12.3. The molecule has 0 fully saturated rings. The Balaban J connectivity index is 1.45. The number of rotatable bonds is 7. The molecule has 3 aromatic carbocycles. The van der Waals surface area contributed by atoms with Gasteiger partial charge in [0.2, 0.25) is 5.91 Å². The molecule has 37 heavy (non-hydrogen) atoms. The summed E-state index contributed by atoms with van der Waals surface area (Å²) in [6.07, 6.45) is 2.96. The van der Waals surface area contributed by atoms with Crippen LogP contribution in [0.15, 0.2) is 60.7 Å². The van der Waals surface area contributed by atoms with E-state index in [1.54, 1.807) is 29.1 Å². The Morgan fingerprint density at radius 2 is 1.70 bits per heavy atom. The van der Waals surface area contributed by atoms with Crippen molar-refractivity contribution in [1.82, 2.24) is 20.3 Å². The van der Waals surface area contributed by atoms with Crippen LogP contribution in [0.25, 0.3) is 22.8 Å². The van der Waals surface area contributed by atoms with Crippen LogP contribution in [0, 0.1) is 6.92 Å². The molecule has 1 amide bonds. The van der Waals surface area contributed by atoms with Gasteiger partial charge < -0.3 is 10.2 Å². The highest BCUT2D eigenvalue weighted by Gasteiger charge is 2.11. The molecule has 0 aliphatic heterocycles. The number of nitrogens with zero attached hydrogens (tertiary/aromatic N) is 4. The lowest BCUT2D eigenvalue weighted by Crippen LogP contribution is -2.33. The molecule has 1 heterocycles. The molecule has 0 saturated heterocycles. The predicted molar refractivity (Wildman–Crippen MR) is 157 cm³/mol. The SMILES string of the molecule is CCN(CC)c1ccc(-n2nc3cc(C)c(NC(=S)NC(=O)/C=C/c4ccc(Cl)cc4Cl)cc3n2)cc1. The summed E-state index contributed by atoms with van der Waals surface area (Å²) in [6.45, 7) is 8.11. The van der Waals surface area contributed by atoms with Gasteiger partial charge in [0.05, 0.1) is 5.69 Å². The van der Waals surface area contributed by atoms with Crippen molar-refractivity contribution in [3.63, 3.8) is 0 Å². The summed E-state index contributed by atoms with van der Waals surface area (Å²) < 4.78 is 0. The van der Waals surface area contributed by atoms with Crippen molar-refractivity contribution >= 4 is 74.9 Å². The Morgan fingerprint density at radius 1 is 1.03 bits per heavy atom. The third-order valence-electron chi connectivity index (χ3n) is 5.80. The Hall–Kier alpha value is -3.46. The van der Waals surface area contributed by atoms with Gasteiger partial charge >= 0.3 is 0 Å². The fourth-order valence-electron chi connectivity index (χ4n) is 3.81. The molecule has 0 saturated carbocycles. The van der Waals surface area contributed by atoms with Crippen LogP contribution in [0.5, 0.6) is 0 Å². The second-order valence-corrected chi connectivity index (χ2v) is 9.53. The number of anilines is 2. The van der Waals surface area contributed by atoms with E-state index in [1.807, 2.05) is 31.2 Å². The molecule has 4 aromatic rings. The van der Waals surface area contributed by atoms with E-state index in [4.69, 9.17) is 35.4 Å². The van der Waals surface area contributed by atoms with Gasteiger partial charge in [-0.15, -0.1) is 10.2 Å². The van der Waals surface area contributed by atoms with Crippen molar-refractivity contribution in [3.05, 3.63) is 81.8 Å². The van der Waals surface area contributed by atoms with Gasteiger partial charge in [-0.05, 0) is 98.7 Å². The number of thiocarbonyl (C=S) groups is 1.